The maximum absolute atomic E-state index is 13.8. The molecule has 1 saturated heterocycles. The van der Waals surface area contributed by atoms with E-state index in [1.807, 2.05) is 29.9 Å². The predicted octanol–water partition coefficient (Wildman–Crippen LogP) is 5.10. The van der Waals surface area contributed by atoms with E-state index >= 15 is 0 Å². The molecule has 0 radical (unpaired) electrons. The molecule has 0 saturated carbocycles. The molecule has 35 heavy (non-hydrogen) atoms. The van der Waals surface area contributed by atoms with Gasteiger partial charge in [0, 0.05) is 28.9 Å². The molecule has 3 heterocycles. The smallest absolute Gasteiger partial charge is 0.412 e. The highest BCUT2D eigenvalue weighted by atomic mass is 19.1. The minimum Gasteiger partial charge on any atom is -0.465 e. The number of benzene rings is 2. The summed E-state index contributed by atoms with van der Waals surface area (Å²) in [4.78, 5) is 13.4. The van der Waals surface area contributed by atoms with Crippen molar-refractivity contribution in [1.29, 1.82) is 5.26 Å². The molecule has 3 aromatic rings. The van der Waals surface area contributed by atoms with Crippen molar-refractivity contribution in [2.24, 2.45) is 0 Å². The quantitative estimate of drug-likeness (QED) is 0.544. The van der Waals surface area contributed by atoms with Gasteiger partial charge in [-0.15, -0.1) is 0 Å². The van der Waals surface area contributed by atoms with E-state index in [2.05, 4.69) is 10.4 Å². The summed E-state index contributed by atoms with van der Waals surface area (Å²) >= 11 is 0. The summed E-state index contributed by atoms with van der Waals surface area (Å²) in [6.07, 6.45) is 5.95. The van der Waals surface area contributed by atoms with Gasteiger partial charge < -0.3 is 15.2 Å². The van der Waals surface area contributed by atoms with E-state index in [-0.39, 0.29) is 17.4 Å². The van der Waals surface area contributed by atoms with Crippen molar-refractivity contribution in [2.45, 2.75) is 44.7 Å². The van der Waals surface area contributed by atoms with Gasteiger partial charge >= 0.3 is 6.09 Å². The Morgan fingerprint density at radius 1 is 1.26 bits per heavy atom. The fourth-order valence-electron chi connectivity index (χ4n) is 4.98. The summed E-state index contributed by atoms with van der Waals surface area (Å²) in [6, 6.07) is 9.55. The molecule has 1 amide bonds. The van der Waals surface area contributed by atoms with Gasteiger partial charge in [0.2, 0.25) is 0 Å². The van der Waals surface area contributed by atoms with Crippen molar-refractivity contribution < 1.29 is 19.0 Å². The summed E-state index contributed by atoms with van der Waals surface area (Å²) in [6.45, 7) is 3.76. The van der Waals surface area contributed by atoms with Crippen LogP contribution in [0.25, 0.3) is 11.1 Å². The average molecular weight is 476 g/mol. The van der Waals surface area contributed by atoms with E-state index in [4.69, 9.17) is 4.74 Å². The van der Waals surface area contributed by atoms with Gasteiger partial charge in [0.1, 0.15) is 23.4 Å². The SMILES string of the molecule is C[C@H]1CCc2c(ccc(-c3cnn(C4CCNCC4)c3)c2Oc2ccc(F)cc2C#N)N1C(=O)O. The number of ether oxygens (including phenoxy) is 1. The Bertz CT molecular complexity index is 1310. The highest BCUT2D eigenvalue weighted by Crippen LogP contribution is 2.45. The average Bonchev–Trinajstić information content (AvgIpc) is 3.35. The van der Waals surface area contributed by atoms with E-state index < -0.39 is 11.9 Å². The molecule has 2 N–H and O–H groups in total. The van der Waals surface area contributed by atoms with E-state index in [1.165, 1.54) is 17.0 Å². The molecule has 2 aliphatic heterocycles. The molecule has 1 fully saturated rings. The number of amides is 1. The molecule has 1 aromatic heterocycles. The number of fused-ring (bicyclic) bond motifs is 1. The van der Waals surface area contributed by atoms with Gasteiger partial charge in [0.25, 0.3) is 0 Å². The van der Waals surface area contributed by atoms with Crippen molar-refractivity contribution in [3.05, 3.63) is 59.7 Å². The van der Waals surface area contributed by atoms with Crippen LogP contribution in [0.3, 0.4) is 0 Å². The second kappa shape index (κ2) is 9.39. The van der Waals surface area contributed by atoms with Crippen LogP contribution in [0.2, 0.25) is 0 Å². The third kappa shape index (κ3) is 4.33. The lowest BCUT2D eigenvalue weighted by atomic mass is 9.92. The van der Waals surface area contributed by atoms with Crippen LogP contribution in [0.15, 0.2) is 42.7 Å². The molecular weight excluding hydrogens is 449 g/mol. The lowest BCUT2D eigenvalue weighted by molar-refractivity contribution is 0.198. The minimum absolute atomic E-state index is 0.0678. The minimum atomic E-state index is -1.03. The second-order valence-electron chi connectivity index (χ2n) is 9.02. The Morgan fingerprint density at radius 3 is 2.80 bits per heavy atom. The second-order valence-corrected chi connectivity index (χ2v) is 9.02. The predicted molar refractivity (Wildman–Crippen MR) is 128 cm³/mol. The van der Waals surface area contributed by atoms with Gasteiger partial charge in [-0.05, 0) is 76.0 Å². The number of anilines is 1. The van der Waals surface area contributed by atoms with Gasteiger partial charge in [-0.3, -0.25) is 9.58 Å². The molecular formula is C26H26FN5O3. The van der Waals surface area contributed by atoms with Crippen LogP contribution >= 0.6 is 0 Å². The fourth-order valence-corrected chi connectivity index (χ4v) is 4.98. The molecule has 2 aromatic carbocycles. The van der Waals surface area contributed by atoms with Gasteiger partial charge in [-0.1, -0.05) is 0 Å². The largest absolute Gasteiger partial charge is 0.465 e. The number of piperidine rings is 1. The zero-order chi connectivity index (χ0) is 24.5. The van der Waals surface area contributed by atoms with Crippen LogP contribution in [0.5, 0.6) is 11.5 Å². The number of carbonyl (C=O) groups is 1. The zero-order valence-electron chi connectivity index (χ0n) is 19.4. The van der Waals surface area contributed by atoms with Crippen LogP contribution in [-0.2, 0) is 6.42 Å². The van der Waals surface area contributed by atoms with Crippen molar-refractivity contribution in [2.75, 3.05) is 18.0 Å². The number of nitrogens with zero attached hydrogens (tertiary/aromatic N) is 4. The van der Waals surface area contributed by atoms with Crippen molar-refractivity contribution in [3.8, 4) is 28.7 Å². The Hall–Kier alpha value is -3.90. The molecule has 5 rings (SSSR count). The Morgan fingerprint density at radius 2 is 2.06 bits per heavy atom. The molecule has 9 heteroatoms. The van der Waals surface area contributed by atoms with Crippen LogP contribution in [0, 0.1) is 17.1 Å². The lowest BCUT2D eigenvalue weighted by Gasteiger charge is -2.34. The number of halogens is 1. The van der Waals surface area contributed by atoms with E-state index in [0.29, 0.717) is 30.3 Å². The van der Waals surface area contributed by atoms with Crippen LogP contribution in [0.1, 0.15) is 43.4 Å². The number of hydrogen-bond acceptors (Lipinski definition) is 5. The molecule has 0 bridgehead atoms. The first-order valence-electron chi connectivity index (χ1n) is 11.8. The van der Waals surface area contributed by atoms with E-state index in [0.717, 1.165) is 48.7 Å². The molecule has 1 atom stereocenters. The number of nitrogens with one attached hydrogen (secondary N) is 1. The van der Waals surface area contributed by atoms with E-state index in [1.54, 1.807) is 12.3 Å². The molecule has 0 spiro atoms. The summed E-state index contributed by atoms with van der Waals surface area (Å²) in [7, 11) is 0. The number of aromatic nitrogens is 2. The van der Waals surface area contributed by atoms with Gasteiger partial charge in [0.05, 0.1) is 23.5 Å². The van der Waals surface area contributed by atoms with Gasteiger partial charge in [-0.25, -0.2) is 9.18 Å². The first-order chi connectivity index (χ1) is 17.0. The Balaban J connectivity index is 1.63. The first-order valence-corrected chi connectivity index (χ1v) is 11.8. The van der Waals surface area contributed by atoms with Crippen molar-refractivity contribution >= 4 is 11.8 Å². The normalized spacial score (nSPS) is 18.1. The highest BCUT2D eigenvalue weighted by Gasteiger charge is 2.32. The summed E-state index contributed by atoms with van der Waals surface area (Å²) < 4.78 is 22.0. The highest BCUT2D eigenvalue weighted by molar-refractivity contribution is 5.91. The Kier molecular flexibility index (Phi) is 6.14. The van der Waals surface area contributed by atoms with Crippen LogP contribution in [-0.4, -0.2) is 40.1 Å². The number of nitriles is 1. The summed E-state index contributed by atoms with van der Waals surface area (Å²) in [5, 5.41) is 27.4. The standard InChI is InChI=1S/C26H26FN5O3/c1-16-2-4-22-23(32(16)26(33)34)6-5-21(18-14-30-31(15-18)20-8-10-29-11-9-20)25(22)35-24-7-3-19(27)12-17(24)13-28/h3,5-7,12,14-16,20,29H,2,4,8-11H2,1H3,(H,33,34)/t16-/m0/s1. The Labute approximate surface area is 202 Å². The number of hydrogen-bond donors (Lipinski definition) is 2. The van der Waals surface area contributed by atoms with Gasteiger partial charge in [0.15, 0.2) is 0 Å². The lowest BCUT2D eigenvalue weighted by Crippen LogP contribution is -2.41. The zero-order valence-corrected chi connectivity index (χ0v) is 19.4. The molecule has 8 nitrogen and oxygen atoms in total. The van der Waals surface area contributed by atoms with Gasteiger partial charge in [-0.2, -0.15) is 10.4 Å². The van der Waals surface area contributed by atoms with Crippen LogP contribution < -0.4 is 15.0 Å². The monoisotopic (exact) mass is 475 g/mol. The maximum Gasteiger partial charge on any atom is 0.412 e. The maximum atomic E-state index is 13.8. The number of carboxylic acid groups (broad SMARTS) is 1. The van der Waals surface area contributed by atoms with E-state index in [9.17, 15) is 19.6 Å². The molecule has 0 aliphatic carbocycles. The molecule has 180 valence electrons. The molecule has 2 aliphatic rings. The van der Waals surface area contributed by atoms with Crippen LogP contribution in [0.4, 0.5) is 14.9 Å². The van der Waals surface area contributed by atoms with Crippen molar-refractivity contribution in [1.82, 2.24) is 15.1 Å². The third-order valence-electron chi connectivity index (χ3n) is 6.82. The fraction of sp³-hybridized carbons (Fsp3) is 0.346. The summed E-state index contributed by atoms with van der Waals surface area (Å²) in [5.41, 5.74) is 2.95. The number of rotatable bonds is 4. The van der Waals surface area contributed by atoms with Crippen molar-refractivity contribution in [3.63, 3.8) is 0 Å². The topological polar surface area (TPSA) is 103 Å². The first kappa shape index (κ1) is 22.9. The third-order valence-corrected chi connectivity index (χ3v) is 6.82. The summed E-state index contributed by atoms with van der Waals surface area (Å²) in [5.74, 6) is 0.154. The molecule has 0 unspecified atom stereocenters.